The molecule has 0 radical (unpaired) electrons. The van der Waals surface area contributed by atoms with Gasteiger partial charge in [0, 0.05) is 35.4 Å². The summed E-state index contributed by atoms with van der Waals surface area (Å²) in [6.45, 7) is 2.01. The van der Waals surface area contributed by atoms with E-state index in [0.717, 1.165) is 23.0 Å². The minimum Gasteiger partial charge on any atom is -0.341 e. The van der Waals surface area contributed by atoms with Crippen LogP contribution in [-0.4, -0.2) is 29.6 Å². The van der Waals surface area contributed by atoms with Gasteiger partial charge in [0.1, 0.15) is 5.01 Å². The van der Waals surface area contributed by atoms with Crippen molar-refractivity contribution in [2.24, 2.45) is 0 Å². The molecule has 2 amide bonds. The number of nitrogens with zero attached hydrogens (tertiary/aromatic N) is 1. The summed E-state index contributed by atoms with van der Waals surface area (Å²) in [6, 6.07) is -0.148. The van der Waals surface area contributed by atoms with E-state index in [-0.39, 0.29) is 6.03 Å². The SMILES string of the molecule is CNC(=O)NSCCSCc1nc(C)cs1. The maximum Gasteiger partial charge on any atom is 0.324 e. The van der Waals surface area contributed by atoms with Crippen LogP contribution in [0.4, 0.5) is 4.79 Å². The Morgan fingerprint density at radius 1 is 1.56 bits per heavy atom. The lowest BCUT2D eigenvalue weighted by atomic mass is 10.6. The lowest BCUT2D eigenvalue weighted by Crippen LogP contribution is -2.27. The topological polar surface area (TPSA) is 54.0 Å². The number of urea groups is 1. The molecule has 90 valence electrons. The van der Waals surface area contributed by atoms with Crippen molar-refractivity contribution in [3.05, 3.63) is 16.1 Å². The van der Waals surface area contributed by atoms with Crippen LogP contribution in [-0.2, 0) is 5.75 Å². The van der Waals surface area contributed by atoms with E-state index in [1.165, 1.54) is 17.0 Å². The number of hydrogen-bond donors (Lipinski definition) is 2. The molecule has 1 heterocycles. The van der Waals surface area contributed by atoms with Crippen LogP contribution in [0.5, 0.6) is 0 Å². The van der Waals surface area contributed by atoms with Gasteiger partial charge < -0.3 is 5.32 Å². The van der Waals surface area contributed by atoms with Gasteiger partial charge >= 0.3 is 6.03 Å². The molecule has 0 atom stereocenters. The predicted octanol–water partition coefficient (Wildman–Crippen LogP) is 2.26. The Labute approximate surface area is 108 Å². The van der Waals surface area contributed by atoms with Gasteiger partial charge in [0.2, 0.25) is 0 Å². The number of aryl methyl sites for hydroxylation is 1. The summed E-state index contributed by atoms with van der Waals surface area (Å²) >= 11 is 4.96. The molecule has 0 aliphatic carbocycles. The van der Waals surface area contributed by atoms with Crippen LogP contribution in [0, 0.1) is 6.92 Å². The van der Waals surface area contributed by atoms with Gasteiger partial charge in [-0.25, -0.2) is 9.78 Å². The minimum atomic E-state index is -0.148. The Balaban J connectivity index is 1.98. The molecule has 16 heavy (non-hydrogen) atoms. The number of nitrogens with one attached hydrogen (secondary N) is 2. The third kappa shape index (κ3) is 5.62. The lowest BCUT2D eigenvalue weighted by molar-refractivity contribution is 0.248. The number of thiazole rings is 1. The molecule has 0 unspecified atom stereocenters. The highest BCUT2D eigenvalue weighted by Gasteiger charge is 1.99. The van der Waals surface area contributed by atoms with Crippen LogP contribution < -0.4 is 10.0 Å². The highest BCUT2D eigenvalue weighted by Crippen LogP contribution is 2.16. The van der Waals surface area contributed by atoms with Crippen molar-refractivity contribution < 1.29 is 4.79 Å². The largest absolute Gasteiger partial charge is 0.341 e. The average Bonchev–Trinajstić information content (AvgIpc) is 2.69. The number of aromatic nitrogens is 1. The van der Waals surface area contributed by atoms with Gasteiger partial charge in [0.25, 0.3) is 0 Å². The number of thioether (sulfide) groups is 1. The molecule has 0 aliphatic heterocycles. The second-order valence-electron chi connectivity index (χ2n) is 2.96. The smallest absolute Gasteiger partial charge is 0.324 e. The molecule has 0 aliphatic rings. The molecule has 1 rings (SSSR count). The summed E-state index contributed by atoms with van der Waals surface area (Å²) < 4.78 is 2.68. The molecular weight excluding hydrogens is 262 g/mol. The molecular formula is C9H15N3OS3. The molecule has 1 aromatic heterocycles. The van der Waals surface area contributed by atoms with E-state index in [1.54, 1.807) is 18.4 Å². The van der Waals surface area contributed by atoms with Gasteiger partial charge in [-0.3, -0.25) is 4.72 Å². The van der Waals surface area contributed by atoms with E-state index in [0.29, 0.717) is 0 Å². The number of carbonyl (C=O) groups excluding carboxylic acids is 1. The first-order valence-electron chi connectivity index (χ1n) is 4.80. The summed E-state index contributed by atoms with van der Waals surface area (Å²) in [7, 11) is 1.61. The molecule has 4 nitrogen and oxygen atoms in total. The van der Waals surface area contributed by atoms with Crippen LogP contribution in [0.1, 0.15) is 10.7 Å². The molecule has 2 N–H and O–H groups in total. The Morgan fingerprint density at radius 3 is 3.00 bits per heavy atom. The van der Waals surface area contributed by atoms with Gasteiger partial charge in [-0.2, -0.15) is 11.8 Å². The normalized spacial score (nSPS) is 10.1. The van der Waals surface area contributed by atoms with Crippen LogP contribution in [0.15, 0.2) is 5.38 Å². The maximum absolute atomic E-state index is 10.8. The van der Waals surface area contributed by atoms with Crippen LogP contribution in [0.2, 0.25) is 0 Å². The standard InChI is InChI=1S/C9H15N3OS3/c1-7-5-15-8(11-7)6-14-3-4-16-12-9(13)10-2/h5H,3-4,6H2,1-2H3,(H2,10,12,13). The van der Waals surface area contributed by atoms with Crippen LogP contribution >= 0.6 is 35.0 Å². The summed E-state index contributed by atoms with van der Waals surface area (Å²) in [5.41, 5.74) is 1.09. The summed E-state index contributed by atoms with van der Waals surface area (Å²) in [4.78, 5) is 15.2. The van der Waals surface area contributed by atoms with E-state index < -0.39 is 0 Å². The lowest BCUT2D eigenvalue weighted by Gasteiger charge is -2.02. The van der Waals surface area contributed by atoms with Crippen molar-refractivity contribution in [2.75, 3.05) is 18.6 Å². The van der Waals surface area contributed by atoms with E-state index >= 15 is 0 Å². The van der Waals surface area contributed by atoms with Gasteiger partial charge in [-0.05, 0) is 18.9 Å². The van der Waals surface area contributed by atoms with Crippen molar-refractivity contribution >= 4 is 41.1 Å². The molecule has 1 aromatic rings. The minimum absolute atomic E-state index is 0.148. The van der Waals surface area contributed by atoms with Crippen molar-refractivity contribution in [3.8, 4) is 0 Å². The molecule has 7 heteroatoms. The zero-order valence-corrected chi connectivity index (χ0v) is 11.7. The van der Waals surface area contributed by atoms with E-state index in [2.05, 4.69) is 20.4 Å². The third-order valence-corrected chi connectivity index (χ3v) is 4.73. The Kier molecular flexibility index (Phi) is 6.67. The third-order valence-electron chi connectivity index (χ3n) is 1.61. The van der Waals surface area contributed by atoms with Crippen molar-refractivity contribution in [2.45, 2.75) is 12.7 Å². The van der Waals surface area contributed by atoms with Crippen molar-refractivity contribution in [3.63, 3.8) is 0 Å². The second kappa shape index (κ2) is 7.81. The Bertz CT molecular complexity index is 330. The molecule has 0 aromatic carbocycles. The first kappa shape index (κ1) is 13.7. The number of rotatable bonds is 6. The molecule has 0 saturated heterocycles. The number of hydrogen-bond acceptors (Lipinski definition) is 5. The molecule has 0 bridgehead atoms. The zero-order chi connectivity index (χ0) is 11.8. The second-order valence-corrected chi connectivity index (χ2v) is 5.91. The van der Waals surface area contributed by atoms with Crippen molar-refractivity contribution in [1.29, 1.82) is 0 Å². The van der Waals surface area contributed by atoms with Gasteiger partial charge in [-0.1, -0.05) is 0 Å². The van der Waals surface area contributed by atoms with Crippen molar-refractivity contribution in [1.82, 2.24) is 15.0 Å². The Morgan fingerprint density at radius 2 is 2.38 bits per heavy atom. The fraction of sp³-hybridized carbons (Fsp3) is 0.556. The van der Waals surface area contributed by atoms with E-state index in [9.17, 15) is 4.79 Å². The zero-order valence-electron chi connectivity index (χ0n) is 9.28. The predicted molar refractivity (Wildman–Crippen MR) is 73.1 cm³/mol. The fourth-order valence-corrected chi connectivity index (χ4v) is 3.50. The number of amides is 2. The fourth-order valence-electron chi connectivity index (χ4n) is 0.897. The Hall–Kier alpha value is -0.400. The maximum atomic E-state index is 10.8. The first-order chi connectivity index (χ1) is 7.72. The van der Waals surface area contributed by atoms with E-state index in [1.807, 2.05) is 18.7 Å². The summed E-state index contributed by atoms with van der Waals surface area (Å²) in [5, 5.41) is 5.74. The van der Waals surface area contributed by atoms with Gasteiger partial charge in [0.15, 0.2) is 0 Å². The highest BCUT2D eigenvalue weighted by molar-refractivity contribution is 8.01. The van der Waals surface area contributed by atoms with E-state index in [4.69, 9.17) is 0 Å². The molecule has 0 saturated carbocycles. The number of carbonyl (C=O) groups is 1. The van der Waals surface area contributed by atoms with Gasteiger partial charge in [-0.15, -0.1) is 11.3 Å². The molecule has 0 spiro atoms. The first-order valence-corrected chi connectivity index (χ1v) is 7.82. The van der Waals surface area contributed by atoms with Crippen LogP contribution in [0.3, 0.4) is 0 Å². The summed E-state index contributed by atoms with van der Waals surface area (Å²) in [5.74, 6) is 2.87. The summed E-state index contributed by atoms with van der Waals surface area (Å²) in [6.07, 6.45) is 0. The average molecular weight is 277 g/mol. The monoisotopic (exact) mass is 277 g/mol. The molecule has 0 fully saturated rings. The van der Waals surface area contributed by atoms with Gasteiger partial charge in [0.05, 0.1) is 0 Å². The van der Waals surface area contributed by atoms with Crippen LogP contribution in [0.25, 0.3) is 0 Å². The highest BCUT2D eigenvalue weighted by atomic mass is 32.2. The quantitative estimate of drug-likeness (QED) is 0.618.